The summed E-state index contributed by atoms with van der Waals surface area (Å²) in [5, 5.41) is 3.38. The van der Waals surface area contributed by atoms with E-state index in [1.807, 2.05) is 13.0 Å². The van der Waals surface area contributed by atoms with Crippen LogP contribution in [-0.4, -0.2) is 32.0 Å². The summed E-state index contributed by atoms with van der Waals surface area (Å²) >= 11 is 6.04. The Balaban J connectivity index is 2.03. The minimum atomic E-state index is -0.217. The van der Waals surface area contributed by atoms with Gasteiger partial charge in [0.2, 0.25) is 5.91 Å². The van der Waals surface area contributed by atoms with Crippen molar-refractivity contribution in [3.63, 3.8) is 0 Å². The molecule has 0 aliphatic carbocycles. The van der Waals surface area contributed by atoms with Crippen LogP contribution in [0.2, 0.25) is 5.02 Å². The fourth-order valence-electron chi connectivity index (χ4n) is 2.47. The number of nitrogens with one attached hydrogen (secondary N) is 1. The second-order valence-electron chi connectivity index (χ2n) is 5.59. The van der Waals surface area contributed by atoms with E-state index < -0.39 is 0 Å². The van der Waals surface area contributed by atoms with E-state index in [2.05, 4.69) is 5.32 Å². The van der Waals surface area contributed by atoms with Gasteiger partial charge in [0.25, 0.3) is 5.91 Å². The number of halogens is 1. The Labute approximate surface area is 152 Å². The second kappa shape index (κ2) is 8.53. The van der Waals surface area contributed by atoms with Gasteiger partial charge >= 0.3 is 0 Å². The zero-order valence-electron chi connectivity index (χ0n) is 14.5. The van der Waals surface area contributed by atoms with Gasteiger partial charge < -0.3 is 15.0 Å². The van der Waals surface area contributed by atoms with E-state index in [0.29, 0.717) is 29.4 Å². The molecule has 0 atom stereocenters. The number of amides is 2. The molecule has 0 fully saturated rings. The van der Waals surface area contributed by atoms with Crippen molar-refractivity contribution in [1.82, 2.24) is 5.32 Å². The quantitative estimate of drug-likeness (QED) is 0.858. The molecule has 0 spiro atoms. The number of nitrogens with zero attached hydrogens (tertiary/aromatic N) is 1. The molecule has 6 heteroatoms. The van der Waals surface area contributed by atoms with Crippen LogP contribution in [-0.2, 0) is 4.79 Å². The molecule has 0 aliphatic heterocycles. The maximum absolute atomic E-state index is 12.2. The van der Waals surface area contributed by atoms with Crippen LogP contribution >= 0.6 is 11.6 Å². The highest BCUT2D eigenvalue weighted by Crippen LogP contribution is 2.24. The highest BCUT2D eigenvalue weighted by molar-refractivity contribution is 6.31. The minimum Gasteiger partial charge on any atom is -0.497 e. The van der Waals surface area contributed by atoms with Gasteiger partial charge in [0.15, 0.2) is 0 Å². The lowest BCUT2D eigenvalue weighted by molar-refractivity contribution is -0.116. The molecular formula is C19H21ClN2O3. The standard InChI is InChI=1S/C19H21ClN2O3/c1-13-7-8-16(20)12-18(13)22(14(2)23)10-9-21-19(24)15-5-4-6-17(11-15)25-3/h4-8,11-12H,9-10H2,1-3H3,(H,21,24). The summed E-state index contributed by atoms with van der Waals surface area (Å²) < 4.78 is 5.12. The fourth-order valence-corrected chi connectivity index (χ4v) is 2.63. The zero-order valence-corrected chi connectivity index (χ0v) is 15.3. The Morgan fingerprint density at radius 3 is 2.64 bits per heavy atom. The summed E-state index contributed by atoms with van der Waals surface area (Å²) in [7, 11) is 1.55. The molecule has 0 unspecified atom stereocenters. The van der Waals surface area contributed by atoms with Crippen molar-refractivity contribution in [3.8, 4) is 5.75 Å². The molecule has 0 saturated heterocycles. The van der Waals surface area contributed by atoms with Gasteiger partial charge in [-0.05, 0) is 42.8 Å². The van der Waals surface area contributed by atoms with E-state index in [0.717, 1.165) is 11.3 Å². The molecule has 2 amide bonds. The van der Waals surface area contributed by atoms with Crippen LogP contribution in [0, 0.1) is 6.92 Å². The number of aryl methyl sites for hydroxylation is 1. The zero-order chi connectivity index (χ0) is 18.4. The summed E-state index contributed by atoms with van der Waals surface area (Å²) in [6.45, 7) is 4.08. The summed E-state index contributed by atoms with van der Waals surface area (Å²) in [4.78, 5) is 25.8. The van der Waals surface area contributed by atoms with Crippen LogP contribution in [0.3, 0.4) is 0 Å². The van der Waals surface area contributed by atoms with Crippen LogP contribution in [0.5, 0.6) is 5.75 Å². The van der Waals surface area contributed by atoms with Crippen molar-refractivity contribution in [2.75, 3.05) is 25.1 Å². The summed E-state index contributed by atoms with van der Waals surface area (Å²) in [6.07, 6.45) is 0. The molecule has 0 heterocycles. The first-order chi connectivity index (χ1) is 11.9. The minimum absolute atomic E-state index is 0.110. The van der Waals surface area contributed by atoms with E-state index in [1.54, 1.807) is 48.4 Å². The lowest BCUT2D eigenvalue weighted by atomic mass is 10.1. The van der Waals surface area contributed by atoms with Gasteiger partial charge in [-0.15, -0.1) is 0 Å². The predicted octanol–water partition coefficient (Wildman–Crippen LogP) is 3.44. The molecule has 1 N–H and O–H groups in total. The van der Waals surface area contributed by atoms with Gasteiger partial charge in [-0.2, -0.15) is 0 Å². The Bertz CT molecular complexity index is 777. The predicted molar refractivity (Wildman–Crippen MR) is 99.5 cm³/mol. The van der Waals surface area contributed by atoms with Gasteiger partial charge in [0, 0.05) is 36.3 Å². The molecule has 0 radical (unpaired) electrons. The summed E-state index contributed by atoms with van der Waals surface area (Å²) in [5.74, 6) is 0.291. The Morgan fingerprint density at radius 2 is 1.96 bits per heavy atom. The number of methoxy groups -OCH3 is 1. The average Bonchev–Trinajstić information content (AvgIpc) is 2.60. The van der Waals surface area contributed by atoms with Crippen LogP contribution in [0.1, 0.15) is 22.8 Å². The maximum atomic E-state index is 12.2. The van der Waals surface area contributed by atoms with Gasteiger partial charge in [0.1, 0.15) is 5.75 Å². The summed E-state index contributed by atoms with van der Waals surface area (Å²) in [6, 6.07) is 12.3. The van der Waals surface area contributed by atoms with Crippen molar-refractivity contribution in [3.05, 3.63) is 58.6 Å². The SMILES string of the molecule is COc1cccc(C(=O)NCCN(C(C)=O)c2cc(Cl)ccc2C)c1. The third kappa shape index (κ3) is 4.97. The first-order valence-corrected chi connectivity index (χ1v) is 8.26. The number of carbonyl (C=O) groups is 2. The molecule has 2 rings (SSSR count). The number of hydrogen-bond donors (Lipinski definition) is 1. The Hall–Kier alpha value is -2.53. The van der Waals surface area contributed by atoms with Gasteiger partial charge in [-0.1, -0.05) is 23.7 Å². The first kappa shape index (κ1) is 18.8. The Kier molecular flexibility index (Phi) is 6.42. The summed E-state index contributed by atoms with van der Waals surface area (Å²) in [5.41, 5.74) is 2.20. The molecule has 0 aromatic heterocycles. The number of hydrogen-bond acceptors (Lipinski definition) is 3. The molecule has 25 heavy (non-hydrogen) atoms. The highest BCUT2D eigenvalue weighted by Gasteiger charge is 2.15. The molecule has 0 saturated carbocycles. The first-order valence-electron chi connectivity index (χ1n) is 7.89. The third-order valence-corrected chi connectivity index (χ3v) is 4.03. The number of anilines is 1. The smallest absolute Gasteiger partial charge is 0.251 e. The van der Waals surface area contributed by atoms with Gasteiger partial charge in [0.05, 0.1) is 7.11 Å². The largest absolute Gasteiger partial charge is 0.497 e. The number of carbonyl (C=O) groups excluding carboxylic acids is 2. The lowest BCUT2D eigenvalue weighted by Gasteiger charge is -2.23. The van der Waals surface area contributed by atoms with E-state index in [4.69, 9.17) is 16.3 Å². The lowest BCUT2D eigenvalue weighted by Crippen LogP contribution is -2.38. The van der Waals surface area contributed by atoms with Crippen LogP contribution in [0.4, 0.5) is 5.69 Å². The van der Waals surface area contributed by atoms with Crippen molar-refractivity contribution >= 4 is 29.1 Å². The molecule has 0 aliphatic rings. The number of rotatable bonds is 6. The van der Waals surface area contributed by atoms with E-state index in [9.17, 15) is 9.59 Å². The fraction of sp³-hybridized carbons (Fsp3) is 0.263. The van der Waals surface area contributed by atoms with Crippen molar-refractivity contribution in [1.29, 1.82) is 0 Å². The highest BCUT2D eigenvalue weighted by atomic mass is 35.5. The Morgan fingerprint density at radius 1 is 1.20 bits per heavy atom. The topological polar surface area (TPSA) is 58.6 Å². The molecule has 5 nitrogen and oxygen atoms in total. The van der Waals surface area contributed by atoms with Gasteiger partial charge in [-0.3, -0.25) is 9.59 Å². The van der Waals surface area contributed by atoms with Gasteiger partial charge in [-0.25, -0.2) is 0 Å². The number of ether oxygens (including phenoxy) is 1. The van der Waals surface area contributed by atoms with Crippen molar-refractivity contribution < 1.29 is 14.3 Å². The van der Waals surface area contributed by atoms with Crippen LogP contribution < -0.4 is 15.0 Å². The molecule has 132 valence electrons. The molecule has 0 bridgehead atoms. The van der Waals surface area contributed by atoms with E-state index in [-0.39, 0.29) is 11.8 Å². The molecule has 2 aromatic carbocycles. The number of benzene rings is 2. The van der Waals surface area contributed by atoms with Crippen LogP contribution in [0.25, 0.3) is 0 Å². The van der Waals surface area contributed by atoms with E-state index in [1.165, 1.54) is 6.92 Å². The van der Waals surface area contributed by atoms with Crippen molar-refractivity contribution in [2.45, 2.75) is 13.8 Å². The monoisotopic (exact) mass is 360 g/mol. The third-order valence-electron chi connectivity index (χ3n) is 3.79. The second-order valence-corrected chi connectivity index (χ2v) is 6.03. The van der Waals surface area contributed by atoms with Crippen molar-refractivity contribution in [2.24, 2.45) is 0 Å². The molecular weight excluding hydrogens is 340 g/mol. The average molecular weight is 361 g/mol. The molecule has 2 aromatic rings. The van der Waals surface area contributed by atoms with Crippen LogP contribution in [0.15, 0.2) is 42.5 Å². The van der Waals surface area contributed by atoms with E-state index >= 15 is 0 Å². The normalized spacial score (nSPS) is 10.2. The maximum Gasteiger partial charge on any atom is 0.251 e.